The highest BCUT2D eigenvalue weighted by atomic mass is 16.6. The maximum Gasteiger partial charge on any atom is 0.196 e. The number of aryl methyl sites for hydroxylation is 2. The summed E-state index contributed by atoms with van der Waals surface area (Å²) < 4.78 is 4.58. The first kappa shape index (κ1) is 8.74. The van der Waals surface area contributed by atoms with Gasteiger partial charge >= 0.3 is 0 Å². The molecule has 2 aromatic rings. The highest BCUT2D eigenvalue weighted by molar-refractivity contribution is 5.74. The van der Waals surface area contributed by atoms with Gasteiger partial charge < -0.3 is 5.73 Å². The second kappa shape index (κ2) is 3.14. The lowest BCUT2D eigenvalue weighted by molar-refractivity contribution is 0.310. The fourth-order valence-corrected chi connectivity index (χ4v) is 1.56. The summed E-state index contributed by atoms with van der Waals surface area (Å²) in [5.41, 5.74) is 9.51. The van der Waals surface area contributed by atoms with Crippen LogP contribution >= 0.6 is 0 Å². The van der Waals surface area contributed by atoms with Gasteiger partial charge in [0, 0.05) is 5.56 Å². The largest absolute Gasteiger partial charge is 0.379 e. The molecule has 0 aliphatic carbocycles. The normalized spacial score (nSPS) is 10.4. The van der Waals surface area contributed by atoms with Crippen molar-refractivity contribution in [3.8, 4) is 11.3 Å². The van der Waals surface area contributed by atoms with Gasteiger partial charge in [0.2, 0.25) is 0 Å². The van der Waals surface area contributed by atoms with Crippen LogP contribution in [0, 0.1) is 13.8 Å². The van der Waals surface area contributed by atoms with E-state index in [2.05, 4.69) is 14.9 Å². The number of benzene rings is 1. The molecule has 4 nitrogen and oxygen atoms in total. The maximum absolute atomic E-state index is 5.64. The van der Waals surface area contributed by atoms with Crippen LogP contribution in [-0.2, 0) is 0 Å². The molecule has 1 heterocycles. The molecule has 0 aliphatic heterocycles. The standard InChI is InChI=1S/C10H11N3O/c1-6-4-3-5-7(2)8(6)9-10(11)13-14-12-9/h3-5H,1-2H3,(H2,11,13). The van der Waals surface area contributed by atoms with Crippen molar-refractivity contribution < 1.29 is 4.63 Å². The van der Waals surface area contributed by atoms with Crippen LogP contribution in [-0.4, -0.2) is 10.3 Å². The SMILES string of the molecule is Cc1cccc(C)c1-c1nonc1N. The van der Waals surface area contributed by atoms with Crippen molar-refractivity contribution in [2.24, 2.45) is 0 Å². The predicted octanol–water partition coefficient (Wildman–Crippen LogP) is 1.94. The van der Waals surface area contributed by atoms with Gasteiger partial charge in [-0.2, -0.15) is 0 Å². The summed E-state index contributed by atoms with van der Waals surface area (Å²) in [6.45, 7) is 4.02. The molecule has 0 bridgehead atoms. The summed E-state index contributed by atoms with van der Waals surface area (Å²) in [7, 11) is 0. The van der Waals surface area contributed by atoms with E-state index in [1.807, 2.05) is 32.0 Å². The molecule has 14 heavy (non-hydrogen) atoms. The molecule has 0 saturated carbocycles. The average Bonchev–Trinajstić information content (AvgIpc) is 2.52. The van der Waals surface area contributed by atoms with Crippen molar-refractivity contribution in [3.63, 3.8) is 0 Å². The van der Waals surface area contributed by atoms with Crippen molar-refractivity contribution in [2.75, 3.05) is 5.73 Å². The lowest BCUT2D eigenvalue weighted by atomic mass is 10.0. The molecular weight excluding hydrogens is 178 g/mol. The number of nitrogen functional groups attached to an aromatic ring is 1. The van der Waals surface area contributed by atoms with Crippen molar-refractivity contribution >= 4 is 5.82 Å². The number of aromatic nitrogens is 2. The van der Waals surface area contributed by atoms with Crippen LogP contribution in [0.25, 0.3) is 11.3 Å². The minimum Gasteiger partial charge on any atom is -0.379 e. The van der Waals surface area contributed by atoms with Crippen LogP contribution < -0.4 is 5.73 Å². The lowest BCUT2D eigenvalue weighted by Crippen LogP contribution is -1.93. The van der Waals surface area contributed by atoms with Gasteiger partial charge in [0.25, 0.3) is 0 Å². The Kier molecular flexibility index (Phi) is 1.96. The molecule has 72 valence electrons. The summed E-state index contributed by atoms with van der Waals surface area (Å²) in [5, 5.41) is 7.36. The molecule has 1 aromatic carbocycles. The average molecular weight is 189 g/mol. The van der Waals surface area contributed by atoms with E-state index in [-0.39, 0.29) is 0 Å². The van der Waals surface area contributed by atoms with Gasteiger partial charge in [0.15, 0.2) is 11.5 Å². The van der Waals surface area contributed by atoms with Crippen LogP contribution in [0.5, 0.6) is 0 Å². The van der Waals surface area contributed by atoms with E-state index in [4.69, 9.17) is 5.73 Å². The number of rotatable bonds is 1. The molecule has 0 amide bonds. The summed E-state index contributed by atoms with van der Waals surface area (Å²) in [6, 6.07) is 6.02. The molecule has 0 aliphatic rings. The molecule has 4 heteroatoms. The zero-order valence-corrected chi connectivity index (χ0v) is 8.11. The first-order valence-corrected chi connectivity index (χ1v) is 4.35. The van der Waals surface area contributed by atoms with E-state index in [0.29, 0.717) is 11.5 Å². The predicted molar refractivity (Wildman–Crippen MR) is 53.6 cm³/mol. The van der Waals surface area contributed by atoms with E-state index in [1.54, 1.807) is 0 Å². The number of nitrogens with zero attached hydrogens (tertiary/aromatic N) is 2. The Morgan fingerprint density at radius 1 is 1.14 bits per heavy atom. The second-order valence-corrected chi connectivity index (χ2v) is 3.26. The summed E-state index contributed by atoms with van der Waals surface area (Å²) in [4.78, 5) is 0. The Labute approximate surface area is 81.7 Å². The van der Waals surface area contributed by atoms with Gasteiger partial charge in [-0.3, -0.25) is 0 Å². The Morgan fingerprint density at radius 2 is 1.79 bits per heavy atom. The summed E-state index contributed by atoms with van der Waals surface area (Å²) >= 11 is 0. The number of anilines is 1. The molecular formula is C10H11N3O. The topological polar surface area (TPSA) is 64.9 Å². The van der Waals surface area contributed by atoms with Gasteiger partial charge in [0.1, 0.15) is 0 Å². The smallest absolute Gasteiger partial charge is 0.196 e. The first-order chi connectivity index (χ1) is 6.70. The third kappa shape index (κ3) is 1.25. The summed E-state index contributed by atoms with van der Waals surface area (Å²) in [6.07, 6.45) is 0. The maximum atomic E-state index is 5.64. The van der Waals surface area contributed by atoms with Gasteiger partial charge in [-0.25, -0.2) is 4.63 Å². The molecule has 0 saturated heterocycles. The minimum absolute atomic E-state index is 0.336. The Balaban J connectivity index is 2.68. The third-order valence-corrected chi connectivity index (χ3v) is 2.23. The molecule has 0 fully saturated rings. The highest BCUT2D eigenvalue weighted by Gasteiger charge is 2.13. The molecule has 2 N–H and O–H groups in total. The van der Waals surface area contributed by atoms with Crippen LogP contribution in [0.3, 0.4) is 0 Å². The van der Waals surface area contributed by atoms with Gasteiger partial charge in [-0.05, 0) is 35.3 Å². The highest BCUT2D eigenvalue weighted by Crippen LogP contribution is 2.28. The van der Waals surface area contributed by atoms with E-state index < -0.39 is 0 Å². The van der Waals surface area contributed by atoms with E-state index >= 15 is 0 Å². The number of nitrogens with two attached hydrogens (primary N) is 1. The van der Waals surface area contributed by atoms with Gasteiger partial charge in [-0.1, -0.05) is 18.2 Å². The molecule has 2 rings (SSSR count). The fraction of sp³-hybridized carbons (Fsp3) is 0.200. The van der Waals surface area contributed by atoms with Gasteiger partial charge in [0.05, 0.1) is 0 Å². The quantitative estimate of drug-likeness (QED) is 0.744. The zero-order valence-electron chi connectivity index (χ0n) is 8.11. The van der Waals surface area contributed by atoms with Crippen molar-refractivity contribution in [1.82, 2.24) is 10.3 Å². The monoisotopic (exact) mass is 189 g/mol. The third-order valence-electron chi connectivity index (χ3n) is 2.23. The summed E-state index contributed by atoms with van der Waals surface area (Å²) in [5.74, 6) is 0.336. The Morgan fingerprint density at radius 3 is 2.29 bits per heavy atom. The van der Waals surface area contributed by atoms with Crippen LogP contribution in [0.15, 0.2) is 22.8 Å². The van der Waals surface area contributed by atoms with E-state index in [9.17, 15) is 0 Å². The van der Waals surface area contributed by atoms with Crippen molar-refractivity contribution in [1.29, 1.82) is 0 Å². The molecule has 0 spiro atoms. The van der Waals surface area contributed by atoms with Crippen LogP contribution in [0.4, 0.5) is 5.82 Å². The Hall–Kier alpha value is -1.84. The van der Waals surface area contributed by atoms with E-state index in [1.165, 1.54) is 0 Å². The fourth-order valence-electron chi connectivity index (χ4n) is 1.56. The Bertz CT molecular complexity index is 442. The molecule has 1 aromatic heterocycles. The molecule has 0 radical (unpaired) electrons. The zero-order chi connectivity index (χ0) is 10.1. The minimum atomic E-state index is 0.336. The van der Waals surface area contributed by atoms with E-state index in [0.717, 1.165) is 16.7 Å². The van der Waals surface area contributed by atoms with Crippen molar-refractivity contribution in [2.45, 2.75) is 13.8 Å². The lowest BCUT2D eigenvalue weighted by Gasteiger charge is -2.05. The molecule has 0 atom stereocenters. The van der Waals surface area contributed by atoms with Crippen molar-refractivity contribution in [3.05, 3.63) is 29.3 Å². The first-order valence-electron chi connectivity index (χ1n) is 4.35. The van der Waals surface area contributed by atoms with Gasteiger partial charge in [-0.15, -0.1) is 0 Å². The number of hydrogen-bond donors (Lipinski definition) is 1. The van der Waals surface area contributed by atoms with Crippen LogP contribution in [0.1, 0.15) is 11.1 Å². The molecule has 0 unspecified atom stereocenters. The second-order valence-electron chi connectivity index (χ2n) is 3.26. The number of hydrogen-bond acceptors (Lipinski definition) is 4. The van der Waals surface area contributed by atoms with Crippen LogP contribution in [0.2, 0.25) is 0 Å².